The summed E-state index contributed by atoms with van der Waals surface area (Å²) < 4.78 is 5.16. The average Bonchev–Trinajstić information content (AvgIpc) is 2.47. The number of hydrogen-bond acceptors (Lipinski definition) is 4. The topological polar surface area (TPSA) is 44.7 Å². The van der Waals surface area contributed by atoms with Crippen LogP contribution in [0.15, 0.2) is 0 Å². The summed E-state index contributed by atoms with van der Waals surface area (Å²) in [5.74, 6) is 0. The molecule has 1 fully saturated rings. The van der Waals surface area contributed by atoms with E-state index in [2.05, 4.69) is 10.2 Å². The minimum atomic E-state index is -0.313. The van der Waals surface area contributed by atoms with Crippen LogP contribution in [0.4, 0.5) is 0 Å². The molecule has 1 aliphatic heterocycles. The van der Waals surface area contributed by atoms with Crippen molar-refractivity contribution in [3.05, 3.63) is 0 Å². The summed E-state index contributed by atoms with van der Waals surface area (Å²) >= 11 is 0. The van der Waals surface area contributed by atoms with Crippen molar-refractivity contribution in [2.45, 2.75) is 12.1 Å². The number of nitrogens with one attached hydrogen (secondary N) is 1. The summed E-state index contributed by atoms with van der Waals surface area (Å²) in [6.45, 7) is 3.03. The Morgan fingerprint density at radius 3 is 2.83 bits per heavy atom. The number of nitrogens with zero attached hydrogens (tertiary/aromatic N) is 1. The zero-order valence-electron chi connectivity index (χ0n) is 7.79. The van der Waals surface area contributed by atoms with E-state index in [1.54, 1.807) is 0 Å². The first-order valence-corrected chi connectivity index (χ1v) is 4.36. The lowest BCUT2D eigenvalue weighted by molar-refractivity contribution is 0.0962. The number of hydrogen-bond donors (Lipinski definition) is 2. The Kier molecular flexibility index (Phi) is 3.94. The molecule has 0 amide bonds. The minimum absolute atomic E-state index is 0.179. The summed E-state index contributed by atoms with van der Waals surface area (Å²) in [6, 6.07) is 0.179. The maximum absolute atomic E-state index is 9.47. The summed E-state index contributed by atoms with van der Waals surface area (Å²) in [4.78, 5) is 2.13. The third-order valence-corrected chi connectivity index (χ3v) is 2.30. The van der Waals surface area contributed by atoms with Crippen molar-refractivity contribution in [2.75, 3.05) is 40.4 Å². The van der Waals surface area contributed by atoms with Gasteiger partial charge >= 0.3 is 0 Å². The molecule has 0 bridgehead atoms. The predicted octanol–water partition coefficient (Wildman–Crippen LogP) is -1.10. The fraction of sp³-hybridized carbons (Fsp3) is 1.00. The highest BCUT2D eigenvalue weighted by molar-refractivity contribution is 4.81. The molecule has 0 unspecified atom stereocenters. The first-order chi connectivity index (χ1) is 5.75. The first kappa shape index (κ1) is 9.92. The molecular weight excluding hydrogens is 156 g/mol. The third kappa shape index (κ3) is 2.42. The van der Waals surface area contributed by atoms with Crippen LogP contribution < -0.4 is 5.32 Å². The van der Waals surface area contributed by atoms with Crippen molar-refractivity contribution < 1.29 is 9.84 Å². The summed E-state index contributed by atoms with van der Waals surface area (Å²) in [6.07, 6.45) is -0.313. The fourth-order valence-corrected chi connectivity index (χ4v) is 1.41. The number of likely N-dealkylation sites (N-methyl/N-ethyl adjacent to an activating group) is 2. The Morgan fingerprint density at radius 2 is 2.33 bits per heavy atom. The SMILES string of the molecule is CNCCN(C)[C@@H]1COC[C@H]1O. The lowest BCUT2D eigenvalue weighted by atomic mass is 10.2. The van der Waals surface area contributed by atoms with Crippen LogP contribution >= 0.6 is 0 Å². The van der Waals surface area contributed by atoms with E-state index in [1.807, 2.05) is 14.1 Å². The van der Waals surface area contributed by atoms with E-state index in [0.29, 0.717) is 13.2 Å². The van der Waals surface area contributed by atoms with Crippen molar-refractivity contribution >= 4 is 0 Å². The molecule has 1 rings (SSSR count). The van der Waals surface area contributed by atoms with Gasteiger partial charge in [-0.2, -0.15) is 0 Å². The van der Waals surface area contributed by atoms with E-state index in [9.17, 15) is 5.11 Å². The first-order valence-electron chi connectivity index (χ1n) is 4.36. The molecule has 0 aliphatic carbocycles. The van der Waals surface area contributed by atoms with Crippen LogP contribution in [0.25, 0.3) is 0 Å². The molecule has 0 saturated carbocycles. The normalized spacial score (nSPS) is 30.0. The third-order valence-electron chi connectivity index (χ3n) is 2.30. The molecule has 4 heteroatoms. The van der Waals surface area contributed by atoms with E-state index >= 15 is 0 Å². The van der Waals surface area contributed by atoms with Gasteiger partial charge in [0.25, 0.3) is 0 Å². The second kappa shape index (κ2) is 4.77. The van der Waals surface area contributed by atoms with Crippen LogP contribution in [0.1, 0.15) is 0 Å². The largest absolute Gasteiger partial charge is 0.389 e. The van der Waals surface area contributed by atoms with Gasteiger partial charge in [-0.15, -0.1) is 0 Å². The van der Waals surface area contributed by atoms with E-state index in [4.69, 9.17) is 4.74 Å². The molecule has 0 radical (unpaired) electrons. The predicted molar refractivity (Wildman–Crippen MR) is 47.2 cm³/mol. The van der Waals surface area contributed by atoms with Crippen LogP contribution in [0, 0.1) is 0 Å². The Balaban J connectivity index is 2.25. The second-order valence-corrected chi connectivity index (χ2v) is 3.26. The van der Waals surface area contributed by atoms with E-state index in [0.717, 1.165) is 13.1 Å². The van der Waals surface area contributed by atoms with Gasteiger partial charge in [-0.3, -0.25) is 4.90 Å². The van der Waals surface area contributed by atoms with Gasteiger partial charge in [0.05, 0.1) is 25.4 Å². The minimum Gasteiger partial charge on any atom is -0.389 e. The highest BCUT2D eigenvalue weighted by atomic mass is 16.5. The molecule has 12 heavy (non-hydrogen) atoms. The number of ether oxygens (including phenoxy) is 1. The van der Waals surface area contributed by atoms with Crippen molar-refractivity contribution in [1.82, 2.24) is 10.2 Å². The summed E-state index contributed by atoms with van der Waals surface area (Å²) in [5.41, 5.74) is 0. The van der Waals surface area contributed by atoms with E-state index < -0.39 is 0 Å². The fourth-order valence-electron chi connectivity index (χ4n) is 1.41. The van der Waals surface area contributed by atoms with Gasteiger partial charge in [-0.05, 0) is 14.1 Å². The molecule has 72 valence electrons. The molecule has 1 saturated heterocycles. The number of aliphatic hydroxyl groups is 1. The Bertz CT molecular complexity index is 132. The zero-order chi connectivity index (χ0) is 8.97. The summed E-state index contributed by atoms with van der Waals surface area (Å²) in [7, 11) is 3.94. The Hall–Kier alpha value is -0.160. The molecule has 1 aliphatic rings. The van der Waals surface area contributed by atoms with Crippen LogP contribution in [0.2, 0.25) is 0 Å². The molecule has 4 nitrogen and oxygen atoms in total. The van der Waals surface area contributed by atoms with Gasteiger partial charge in [0, 0.05) is 13.1 Å². The molecule has 2 N–H and O–H groups in total. The van der Waals surface area contributed by atoms with E-state index in [-0.39, 0.29) is 12.1 Å². The molecule has 0 spiro atoms. The Morgan fingerprint density at radius 1 is 1.58 bits per heavy atom. The van der Waals surface area contributed by atoms with Crippen molar-refractivity contribution in [3.63, 3.8) is 0 Å². The van der Waals surface area contributed by atoms with Crippen molar-refractivity contribution in [2.24, 2.45) is 0 Å². The van der Waals surface area contributed by atoms with E-state index in [1.165, 1.54) is 0 Å². The van der Waals surface area contributed by atoms with Gasteiger partial charge < -0.3 is 15.2 Å². The average molecular weight is 174 g/mol. The molecule has 0 aromatic rings. The van der Waals surface area contributed by atoms with Crippen LogP contribution in [0.5, 0.6) is 0 Å². The molecular formula is C8H18N2O2. The van der Waals surface area contributed by atoms with Gasteiger partial charge in [-0.25, -0.2) is 0 Å². The standard InChI is InChI=1S/C8H18N2O2/c1-9-3-4-10(2)7-5-12-6-8(7)11/h7-9,11H,3-6H2,1-2H3/t7-,8-/m1/s1. The van der Waals surface area contributed by atoms with Crippen LogP contribution in [-0.4, -0.2) is 62.6 Å². The van der Waals surface area contributed by atoms with Gasteiger partial charge in [0.1, 0.15) is 0 Å². The van der Waals surface area contributed by atoms with Crippen LogP contribution in [-0.2, 0) is 4.74 Å². The zero-order valence-corrected chi connectivity index (χ0v) is 7.79. The molecule has 0 aromatic heterocycles. The number of aliphatic hydroxyl groups excluding tert-OH is 1. The molecule has 1 heterocycles. The summed E-state index contributed by atoms with van der Waals surface area (Å²) in [5, 5.41) is 12.5. The van der Waals surface area contributed by atoms with Crippen LogP contribution in [0.3, 0.4) is 0 Å². The van der Waals surface area contributed by atoms with Crippen molar-refractivity contribution in [3.8, 4) is 0 Å². The lowest BCUT2D eigenvalue weighted by Gasteiger charge is -2.25. The maximum Gasteiger partial charge on any atom is 0.0950 e. The second-order valence-electron chi connectivity index (χ2n) is 3.26. The quantitative estimate of drug-likeness (QED) is 0.568. The molecule has 2 atom stereocenters. The van der Waals surface area contributed by atoms with Gasteiger partial charge in [-0.1, -0.05) is 0 Å². The smallest absolute Gasteiger partial charge is 0.0950 e. The van der Waals surface area contributed by atoms with Crippen molar-refractivity contribution in [1.29, 1.82) is 0 Å². The molecule has 0 aromatic carbocycles. The van der Waals surface area contributed by atoms with Gasteiger partial charge in [0.15, 0.2) is 0 Å². The highest BCUT2D eigenvalue weighted by Gasteiger charge is 2.28. The maximum atomic E-state index is 9.47. The highest BCUT2D eigenvalue weighted by Crippen LogP contribution is 2.10. The lowest BCUT2D eigenvalue weighted by Crippen LogP contribution is -2.43. The monoisotopic (exact) mass is 174 g/mol. The van der Waals surface area contributed by atoms with Gasteiger partial charge in [0.2, 0.25) is 0 Å². The number of rotatable bonds is 4. The Labute approximate surface area is 73.5 Å².